The lowest BCUT2D eigenvalue weighted by atomic mass is 10.1. The number of hydrogen-bond donors (Lipinski definition) is 2. The van der Waals surface area contributed by atoms with Gasteiger partial charge < -0.3 is 0 Å². The molecule has 2 N–H and O–H groups in total. The largest absolute Gasteiger partial charge is 0.273 e. The van der Waals surface area contributed by atoms with Crippen LogP contribution in [-0.4, -0.2) is 21.6 Å². The number of halogens is 1. The van der Waals surface area contributed by atoms with Gasteiger partial charge in [-0.3, -0.25) is 20.4 Å². The van der Waals surface area contributed by atoms with E-state index < -0.39 is 17.6 Å². The zero-order valence-electron chi connectivity index (χ0n) is 15.0. The first kappa shape index (κ1) is 18.3. The molecule has 0 saturated carbocycles. The van der Waals surface area contributed by atoms with Gasteiger partial charge in [-0.1, -0.05) is 30.3 Å². The predicted octanol–water partition coefficient (Wildman–Crippen LogP) is 2.63. The molecule has 0 radical (unpaired) electrons. The van der Waals surface area contributed by atoms with Crippen LogP contribution < -0.4 is 10.9 Å². The van der Waals surface area contributed by atoms with E-state index in [1.165, 1.54) is 18.2 Å². The number of carbonyl (C=O) groups excluding carboxylic acids is 2. The number of amides is 2. The zero-order chi connectivity index (χ0) is 19.4. The van der Waals surface area contributed by atoms with Crippen molar-refractivity contribution in [3.05, 3.63) is 82.9 Å². The highest BCUT2D eigenvalue weighted by atomic mass is 19.1. The summed E-state index contributed by atoms with van der Waals surface area (Å²) in [5.41, 5.74) is 7.66. The number of aryl methyl sites for hydroxylation is 1. The molecule has 27 heavy (non-hydrogen) atoms. The van der Waals surface area contributed by atoms with E-state index in [-0.39, 0.29) is 12.0 Å². The van der Waals surface area contributed by atoms with Crippen molar-refractivity contribution in [1.82, 2.24) is 20.6 Å². The van der Waals surface area contributed by atoms with Gasteiger partial charge in [0.25, 0.3) is 5.91 Å². The van der Waals surface area contributed by atoms with E-state index in [2.05, 4.69) is 16.0 Å². The van der Waals surface area contributed by atoms with Gasteiger partial charge in [0.2, 0.25) is 5.91 Å². The third-order valence-electron chi connectivity index (χ3n) is 4.21. The van der Waals surface area contributed by atoms with Gasteiger partial charge in [-0.05, 0) is 38.1 Å². The Labute approximate surface area is 156 Å². The molecule has 0 atom stereocenters. The molecule has 2 amide bonds. The molecular weight excluding hydrogens is 347 g/mol. The first-order valence-corrected chi connectivity index (χ1v) is 8.41. The molecule has 6 nitrogen and oxygen atoms in total. The molecule has 0 fully saturated rings. The van der Waals surface area contributed by atoms with Gasteiger partial charge in [-0.15, -0.1) is 0 Å². The Hall–Kier alpha value is -3.48. The van der Waals surface area contributed by atoms with Crippen LogP contribution in [0.15, 0.2) is 54.6 Å². The summed E-state index contributed by atoms with van der Waals surface area (Å²) in [6, 6.07) is 15.2. The van der Waals surface area contributed by atoms with Crippen molar-refractivity contribution < 1.29 is 14.0 Å². The van der Waals surface area contributed by atoms with Crippen molar-refractivity contribution in [3.63, 3.8) is 0 Å². The van der Waals surface area contributed by atoms with Gasteiger partial charge in [0.1, 0.15) is 5.82 Å². The summed E-state index contributed by atoms with van der Waals surface area (Å²) in [7, 11) is 0. The number of aromatic nitrogens is 2. The van der Waals surface area contributed by atoms with Crippen LogP contribution in [0.1, 0.15) is 27.3 Å². The lowest BCUT2D eigenvalue weighted by Gasteiger charge is -2.08. The van der Waals surface area contributed by atoms with E-state index in [0.29, 0.717) is 0 Å². The van der Waals surface area contributed by atoms with Crippen molar-refractivity contribution in [1.29, 1.82) is 0 Å². The summed E-state index contributed by atoms with van der Waals surface area (Å²) in [4.78, 5) is 24.2. The SMILES string of the molecule is Cc1nn(-c2ccccc2)c(C)c1CC(=O)NNC(=O)c1ccccc1F. The Kier molecular flexibility index (Phi) is 5.30. The fourth-order valence-electron chi connectivity index (χ4n) is 2.80. The smallest absolute Gasteiger partial charge is 0.272 e. The normalized spacial score (nSPS) is 10.5. The first-order chi connectivity index (χ1) is 13.0. The minimum atomic E-state index is -0.713. The third kappa shape index (κ3) is 4.03. The summed E-state index contributed by atoms with van der Waals surface area (Å²) in [6.45, 7) is 3.71. The van der Waals surface area contributed by atoms with Crippen LogP contribution in [0.4, 0.5) is 4.39 Å². The van der Waals surface area contributed by atoms with Crippen LogP contribution in [0.5, 0.6) is 0 Å². The van der Waals surface area contributed by atoms with Gasteiger partial charge in [0.15, 0.2) is 0 Å². The van der Waals surface area contributed by atoms with Crippen molar-refractivity contribution in [3.8, 4) is 5.69 Å². The van der Waals surface area contributed by atoms with Gasteiger partial charge in [-0.25, -0.2) is 9.07 Å². The van der Waals surface area contributed by atoms with Crippen molar-refractivity contribution in [2.45, 2.75) is 20.3 Å². The monoisotopic (exact) mass is 366 g/mol. The van der Waals surface area contributed by atoms with Crippen molar-refractivity contribution in [2.75, 3.05) is 0 Å². The summed E-state index contributed by atoms with van der Waals surface area (Å²) in [6.07, 6.45) is 0.0437. The van der Waals surface area contributed by atoms with E-state index in [9.17, 15) is 14.0 Å². The Morgan fingerprint density at radius 1 is 1.00 bits per heavy atom. The van der Waals surface area contributed by atoms with Crippen molar-refractivity contribution in [2.24, 2.45) is 0 Å². The van der Waals surface area contributed by atoms with E-state index in [1.54, 1.807) is 10.7 Å². The topological polar surface area (TPSA) is 76.0 Å². The van der Waals surface area contributed by atoms with Gasteiger partial charge in [0, 0.05) is 11.3 Å². The van der Waals surface area contributed by atoms with Crippen molar-refractivity contribution >= 4 is 11.8 Å². The average molecular weight is 366 g/mol. The standard InChI is InChI=1S/C20H19FN4O2/c1-13-17(14(2)25(24-13)15-8-4-3-5-9-15)12-19(26)22-23-20(27)16-10-6-7-11-18(16)21/h3-11H,12H2,1-2H3,(H,22,26)(H,23,27). The summed E-state index contributed by atoms with van der Waals surface area (Å²) in [5, 5.41) is 4.49. The minimum absolute atomic E-state index is 0.0437. The van der Waals surface area contributed by atoms with Crippen LogP contribution in [0.3, 0.4) is 0 Å². The molecule has 1 aromatic heterocycles. The van der Waals surface area contributed by atoms with Crippen LogP contribution >= 0.6 is 0 Å². The van der Waals surface area contributed by atoms with Crippen LogP contribution in [0.25, 0.3) is 5.69 Å². The number of carbonyl (C=O) groups is 2. The second-order valence-electron chi connectivity index (χ2n) is 6.06. The molecule has 0 unspecified atom stereocenters. The van der Waals surface area contributed by atoms with E-state index >= 15 is 0 Å². The Bertz CT molecular complexity index is 983. The van der Waals surface area contributed by atoms with Crippen LogP contribution in [0, 0.1) is 19.7 Å². The predicted molar refractivity (Wildman–Crippen MR) is 98.8 cm³/mol. The molecule has 7 heteroatoms. The molecule has 3 rings (SSSR count). The lowest BCUT2D eigenvalue weighted by molar-refractivity contribution is -0.121. The molecule has 0 saturated heterocycles. The number of hydrazine groups is 1. The maximum atomic E-state index is 13.6. The Morgan fingerprint density at radius 2 is 1.67 bits per heavy atom. The molecule has 0 bridgehead atoms. The molecule has 0 aliphatic carbocycles. The molecule has 0 aliphatic rings. The van der Waals surface area contributed by atoms with Gasteiger partial charge in [-0.2, -0.15) is 5.10 Å². The first-order valence-electron chi connectivity index (χ1n) is 8.41. The summed E-state index contributed by atoms with van der Waals surface area (Å²) in [5.74, 6) is -1.78. The van der Waals surface area contributed by atoms with E-state index in [0.717, 1.165) is 22.6 Å². The Morgan fingerprint density at radius 3 is 2.37 bits per heavy atom. The van der Waals surface area contributed by atoms with E-state index in [1.807, 2.05) is 44.2 Å². The molecular formula is C20H19FN4O2. The Balaban J connectivity index is 1.67. The summed E-state index contributed by atoms with van der Waals surface area (Å²) < 4.78 is 15.4. The lowest BCUT2D eigenvalue weighted by Crippen LogP contribution is -2.42. The maximum absolute atomic E-state index is 13.6. The number of para-hydroxylation sites is 1. The highest BCUT2D eigenvalue weighted by Gasteiger charge is 2.17. The molecule has 2 aromatic carbocycles. The molecule has 1 heterocycles. The minimum Gasteiger partial charge on any atom is -0.273 e. The maximum Gasteiger partial charge on any atom is 0.272 e. The molecule has 0 aliphatic heterocycles. The quantitative estimate of drug-likeness (QED) is 0.697. The average Bonchev–Trinajstić information content (AvgIpc) is 2.95. The van der Waals surface area contributed by atoms with Crippen LogP contribution in [-0.2, 0) is 11.2 Å². The third-order valence-corrected chi connectivity index (χ3v) is 4.21. The fraction of sp³-hybridized carbons (Fsp3) is 0.150. The number of nitrogens with zero attached hydrogens (tertiary/aromatic N) is 2. The zero-order valence-corrected chi connectivity index (χ0v) is 15.0. The highest BCUT2D eigenvalue weighted by Crippen LogP contribution is 2.18. The number of hydrogen-bond acceptors (Lipinski definition) is 3. The van der Waals surface area contributed by atoms with Gasteiger partial charge >= 0.3 is 0 Å². The molecule has 0 spiro atoms. The number of rotatable bonds is 4. The second-order valence-corrected chi connectivity index (χ2v) is 6.06. The highest BCUT2D eigenvalue weighted by molar-refractivity contribution is 5.95. The molecule has 3 aromatic rings. The van der Waals surface area contributed by atoms with E-state index in [4.69, 9.17) is 0 Å². The fourth-order valence-corrected chi connectivity index (χ4v) is 2.80. The summed E-state index contributed by atoms with van der Waals surface area (Å²) >= 11 is 0. The second kappa shape index (κ2) is 7.82. The number of benzene rings is 2. The molecule has 138 valence electrons. The van der Waals surface area contributed by atoms with Crippen LogP contribution in [0.2, 0.25) is 0 Å². The van der Waals surface area contributed by atoms with Gasteiger partial charge in [0.05, 0.1) is 23.4 Å². The number of nitrogens with one attached hydrogen (secondary N) is 2.